The monoisotopic (exact) mass is 319 g/mol. The van der Waals surface area contributed by atoms with Crippen LogP contribution in [0.25, 0.3) is 0 Å². The van der Waals surface area contributed by atoms with Crippen molar-refractivity contribution in [1.82, 2.24) is 5.32 Å². The zero-order chi connectivity index (χ0) is 13.7. The number of hydrogen-bond acceptors (Lipinski definition) is 4. The van der Waals surface area contributed by atoms with Crippen LogP contribution in [0.1, 0.15) is 30.6 Å². The van der Waals surface area contributed by atoms with Crippen LogP contribution in [-0.2, 0) is 10.5 Å². The summed E-state index contributed by atoms with van der Waals surface area (Å²) in [5.41, 5.74) is 0. The third-order valence-corrected chi connectivity index (χ3v) is 5.58. The van der Waals surface area contributed by atoms with Crippen LogP contribution in [0.5, 0.6) is 0 Å². The fraction of sp³-hybridized carbons (Fsp3) is 0.615. The fourth-order valence-electron chi connectivity index (χ4n) is 2.20. The maximum absolute atomic E-state index is 11.8. The summed E-state index contributed by atoms with van der Waals surface area (Å²) in [7, 11) is 0. The van der Waals surface area contributed by atoms with Gasteiger partial charge in [0.1, 0.15) is 0 Å². The molecule has 19 heavy (non-hydrogen) atoms. The van der Waals surface area contributed by atoms with E-state index in [0.29, 0.717) is 5.75 Å². The summed E-state index contributed by atoms with van der Waals surface area (Å²) < 4.78 is 0.783. The first-order chi connectivity index (χ1) is 9.15. The maximum Gasteiger partial charge on any atom is 0.230 e. The van der Waals surface area contributed by atoms with Gasteiger partial charge in [-0.1, -0.05) is 24.4 Å². The Morgan fingerprint density at radius 3 is 2.95 bits per heavy atom. The van der Waals surface area contributed by atoms with Gasteiger partial charge < -0.3 is 10.4 Å². The molecular weight excluding hydrogens is 302 g/mol. The van der Waals surface area contributed by atoms with E-state index in [1.165, 1.54) is 4.88 Å². The third-order valence-electron chi connectivity index (χ3n) is 3.18. The lowest BCUT2D eigenvalue weighted by molar-refractivity contribution is -0.120. The van der Waals surface area contributed by atoms with Crippen molar-refractivity contribution in [3.05, 3.63) is 21.3 Å². The minimum absolute atomic E-state index is 0.0126. The number of nitrogens with one attached hydrogen (secondary N) is 1. The van der Waals surface area contributed by atoms with Crippen molar-refractivity contribution in [2.45, 2.75) is 43.6 Å². The van der Waals surface area contributed by atoms with Crippen LogP contribution in [0.15, 0.2) is 12.1 Å². The smallest absolute Gasteiger partial charge is 0.230 e. The molecule has 0 spiro atoms. The first kappa shape index (κ1) is 15.2. The van der Waals surface area contributed by atoms with Crippen LogP contribution in [0.3, 0.4) is 0 Å². The van der Waals surface area contributed by atoms with E-state index < -0.39 is 0 Å². The molecule has 0 bridgehead atoms. The molecule has 2 rings (SSSR count). The molecule has 1 heterocycles. The summed E-state index contributed by atoms with van der Waals surface area (Å²) in [5, 5.41) is 12.7. The van der Waals surface area contributed by atoms with Crippen molar-refractivity contribution in [3.63, 3.8) is 0 Å². The van der Waals surface area contributed by atoms with E-state index in [0.717, 1.165) is 35.8 Å². The van der Waals surface area contributed by atoms with Gasteiger partial charge in [-0.25, -0.2) is 0 Å². The van der Waals surface area contributed by atoms with Gasteiger partial charge in [-0.05, 0) is 25.0 Å². The largest absolute Gasteiger partial charge is 0.391 e. The zero-order valence-electron chi connectivity index (χ0n) is 10.6. The molecule has 0 saturated heterocycles. The molecule has 1 saturated carbocycles. The van der Waals surface area contributed by atoms with Crippen molar-refractivity contribution >= 4 is 40.6 Å². The Labute approximate surface area is 126 Å². The van der Waals surface area contributed by atoms with E-state index in [9.17, 15) is 9.90 Å². The highest BCUT2D eigenvalue weighted by molar-refractivity contribution is 7.99. The highest BCUT2D eigenvalue weighted by atomic mass is 35.5. The number of hydrogen-bond donors (Lipinski definition) is 2. The lowest BCUT2D eigenvalue weighted by Crippen LogP contribution is -2.45. The number of aliphatic hydroxyl groups excluding tert-OH is 1. The number of thioether (sulfide) groups is 1. The number of carbonyl (C=O) groups is 1. The summed E-state index contributed by atoms with van der Waals surface area (Å²) >= 11 is 8.97. The Bertz CT molecular complexity index is 425. The molecule has 2 atom stereocenters. The van der Waals surface area contributed by atoms with E-state index >= 15 is 0 Å². The van der Waals surface area contributed by atoms with Gasteiger partial charge in [-0.2, -0.15) is 0 Å². The highest BCUT2D eigenvalue weighted by Gasteiger charge is 2.24. The summed E-state index contributed by atoms with van der Waals surface area (Å²) in [5.74, 6) is 1.25. The van der Waals surface area contributed by atoms with Gasteiger partial charge >= 0.3 is 0 Å². The Morgan fingerprint density at radius 1 is 1.47 bits per heavy atom. The van der Waals surface area contributed by atoms with Gasteiger partial charge in [0, 0.05) is 10.6 Å². The van der Waals surface area contributed by atoms with Crippen LogP contribution in [0.4, 0.5) is 0 Å². The summed E-state index contributed by atoms with van der Waals surface area (Å²) in [4.78, 5) is 13.0. The lowest BCUT2D eigenvalue weighted by Gasteiger charge is -2.28. The average Bonchev–Trinajstić information content (AvgIpc) is 2.78. The van der Waals surface area contributed by atoms with Gasteiger partial charge in [0.15, 0.2) is 0 Å². The molecule has 1 aliphatic carbocycles. The molecule has 3 nitrogen and oxygen atoms in total. The Balaban J connectivity index is 1.66. The third kappa shape index (κ3) is 4.99. The molecule has 1 amide bonds. The quantitative estimate of drug-likeness (QED) is 0.877. The van der Waals surface area contributed by atoms with Crippen molar-refractivity contribution in [2.75, 3.05) is 5.75 Å². The average molecular weight is 320 g/mol. The molecule has 1 fully saturated rings. The summed E-state index contributed by atoms with van der Waals surface area (Å²) in [6, 6.07) is 3.81. The van der Waals surface area contributed by atoms with Crippen molar-refractivity contribution in [1.29, 1.82) is 0 Å². The van der Waals surface area contributed by atoms with Crippen molar-refractivity contribution < 1.29 is 9.90 Å². The van der Waals surface area contributed by atoms with Crippen LogP contribution in [0.2, 0.25) is 4.34 Å². The fourth-order valence-corrected chi connectivity index (χ4v) is 4.24. The molecule has 0 unspecified atom stereocenters. The summed E-state index contributed by atoms with van der Waals surface area (Å²) in [6.07, 6.45) is 3.45. The van der Waals surface area contributed by atoms with Crippen LogP contribution in [0, 0.1) is 0 Å². The van der Waals surface area contributed by atoms with E-state index in [1.54, 1.807) is 23.1 Å². The Hall–Kier alpha value is -0.230. The minimum Gasteiger partial charge on any atom is -0.391 e. The summed E-state index contributed by atoms with van der Waals surface area (Å²) in [6.45, 7) is 0. The van der Waals surface area contributed by atoms with E-state index in [1.807, 2.05) is 12.1 Å². The molecule has 106 valence electrons. The zero-order valence-corrected chi connectivity index (χ0v) is 13.0. The molecule has 2 N–H and O–H groups in total. The topological polar surface area (TPSA) is 49.3 Å². The number of rotatable bonds is 5. The standard InChI is InChI=1S/C13H18ClNO2S2/c14-12-6-5-9(19-12)7-18-8-13(17)15-10-3-1-2-4-11(10)16/h5-6,10-11,16H,1-4,7-8H2,(H,15,17)/t10-,11-/m1/s1. The van der Waals surface area contributed by atoms with Crippen molar-refractivity contribution in [2.24, 2.45) is 0 Å². The van der Waals surface area contributed by atoms with Gasteiger partial charge in [-0.3, -0.25) is 4.79 Å². The SMILES string of the molecule is O=C(CSCc1ccc(Cl)s1)N[C@@H]1CCCC[C@H]1O. The first-order valence-electron chi connectivity index (χ1n) is 6.44. The predicted molar refractivity (Wildman–Crippen MR) is 81.9 cm³/mol. The van der Waals surface area contributed by atoms with Gasteiger partial charge in [0.2, 0.25) is 5.91 Å². The molecule has 0 radical (unpaired) electrons. The molecule has 6 heteroatoms. The molecule has 0 aliphatic heterocycles. The number of aliphatic hydroxyl groups is 1. The first-order valence-corrected chi connectivity index (χ1v) is 8.79. The van der Waals surface area contributed by atoms with E-state index in [4.69, 9.17) is 11.6 Å². The number of carbonyl (C=O) groups excluding carboxylic acids is 1. The van der Waals surface area contributed by atoms with Crippen LogP contribution < -0.4 is 5.32 Å². The van der Waals surface area contributed by atoms with Crippen LogP contribution in [-0.4, -0.2) is 28.9 Å². The highest BCUT2D eigenvalue weighted by Crippen LogP contribution is 2.25. The van der Waals surface area contributed by atoms with Crippen molar-refractivity contribution in [3.8, 4) is 0 Å². The van der Waals surface area contributed by atoms with Gasteiger partial charge in [0.05, 0.1) is 22.2 Å². The second-order valence-corrected chi connectivity index (χ2v) is 7.51. The Kier molecular flexibility index (Phi) is 6.01. The van der Waals surface area contributed by atoms with E-state index in [-0.39, 0.29) is 18.1 Å². The predicted octanol–water partition coefficient (Wildman–Crippen LogP) is 3.05. The Morgan fingerprint density at radius 2 is 2.26 bits per heavy atom. The normalized spacial score (nSPS) is 23.3. The second kappa shape index (κ2) is 7.53. The van der Waals surface area contributed by atoms with Gasteiger partial charge in [0.25, 0.3) is 0 Å². The second-order valence-electron chi connectivity index (χ2n) is 4.72. The molecule has 1 aromatic heterocycles. The maximum atomic E-state index is 11.8. The number of amides is 1. The minimum atomic E-state index is -0.376. The number of halogens is 1. The molecule has 1 aliphatic rings. The van der Waals surface area contributed by atoms with Crippen LogP contribution >= 0.6 is 34.7 Å². The molecular formula is C13H18ClNO2S2. The molecule has 1 aromatic rings. The van der Waals surface area contributed by atoms with Gasteiger partial charge in [-0.15, -0.1) is 23.1 Å². The molecule has 0 aromatic carbocycles. The number of thiophene rings is 1. The lowest BCUT2D eigenvalue weighted by atomic mass is 9.93. The van der Waals surface area contributed by atoms with E-state index in [2.05, 4.69) is 5.32 Å².